The molecule has 0 spiro atoms. The van der Waals surface area contributed by atoms with Crippen molar-refractivity contribution in [1.29, 1.82) is 0 Å². The molecule has 0 saturated heterocycles. The highest BCUT2D eigenvalue weighted by Gasteiger charge is 2.24. The average molecular weight is 386 g/mol. The van der Waals surface area contributed by atoms with Gasteiger partial charge in [-0.15, -0.1) is 0 Å². The fraction of sp³-hybridized carbons (Fsp3) is 0.400. The second kappa shape index (κ2) is 6.13. The van der Waals surface area contributed by atoms with E-state index in [2.05, 4.69) is 27.7 Å². The van der Waals surface area contributed by atoms with Gasteiger partial charge in [0.05, 0.1) is 13.3 Å². The van der Waals surface area contributed by atoms with E-state index in [0.717, 1.165) is 14.7 Å². The molecular weight excluding hydrogens is 367 g/mol. The monoisotopic (exact) mass is 386 g/mol. The number of halogens is 1. The molecule has 0 radical (unpaired) electrons. The maximum atomic E-state index is 10.8. The highest BCUT2D eigenvalue weighted by Crippen LogP contribution is 2.34. The van der Waals surface area contributed by atoms with Crippen molar-refractivity contribution in [3.63, 3.8) is 0 Å². The summed E-state index contributed by atoms with van der Waals surface area (Å²) < 4.78 is 8.22. The Morgan fingerprint density at radius 2 is 2.05 bits per heavy atom. The molecule has 0 amide bonds. The predicted octanol–water partition coefficient (Wildman–Crippen LogP) is 3.47. The quantitative estimate of drug-likeness (QED) is 0.819. The van der Waals surface area contributed by atoms with Gasteiger partial charge < -0.3 is 9.84 Å². The van der Waals surface area contributed by atoms with Crippen LogP contribution in [0.2, 0.25) is 0 Å². The lowest BCUT2D eigenvalue weighted by Crippen LogP contribution is -2.14. The molecule has 108 valence electrons. The molecule has 1 aromatic heterocycles. The number of ether oxygens (including phenoxy) is 1. The summed E-state index contributed by atoms with van der Waals surface area (Å²) in [7, 11) is 1.60. The van der Waals surface area contributed by atoms with E-state index < -0.39 is 6.10 Å². The minimum atomic E-state index is -0.748. The number of methoxy groups -OCH3 is 1. The minimum Gasteiger partial charge on any atom is -0.493 e. The van der Waals surface area contributed by atoms with Crippen molar-refractivity contribution in [1.82, 2.24) is 9.78 Å². The lowest BCUT2D eigenvalue weighted by molar-refractivity contribution is 0.198. The lowest BCUT2D eigenvalue weighted by atomic mass is 10.0. The van der Waals surface area contributed by atoms with Gasteiger partial charge in [0.25, 0.3) is 0 Å². The summed E-state index contributed by atoms with van der Waals surface area (Å²) in [5.41, 5.74) is 2.73. The van der Waals surface area contributed by atoms with E-state index in [1.165, 1.54) is 0 Å². The van der Waals surface area contributed by atoms with Crippen LogP contribution in [0.5, 0.6) is 5.75 Å². The van der Waals surface area contributed by atoms with Crippen LogP contribution in [-0.4, -0.2) is 22.0 Å². The third kappa shape index (κ3) is 2.69. The topological polar surface area (TPSA) is 47.3 Å². The zero-order valence-electron chi connectivity index (χ0n) is 12.1. The Bertz CT molecular complexity index is 608. The summed E-state index contributed by atoms with van der Waals surface area (Å²) >= 11 is 2.27. The summed E-state index contributed by atoms with van der Waals surface area (Å²) in [6.07, 6.45) is 0.906. The fourth-order valence-corrected chi connectivity index (χ4v) is 2.87. The zero-order valence-corrected chi connectivity index (χ0v) is 14.2. The van der Waals surface area contributed by atoms with E-state index in [0.29, 0.717) is 11.4 Å². The van der Waals surface area contributed by atoms with Crippen LogP contribution >= 0.6 is 22.6 Å². The Hall–Kier alpha value is -1.08. The standard InChI is InChI=1S/C15H19IN2O2/c1-9(2)18-14(12(20-4)8-17-18)15(19)11-7-5-6-10(3)13(11)16/h5-9,15,19H,1-4H3. The molecule has 0 bridgehead atoms. The molecule has 5 heteroatoms. The van der Waals surface area contributed by atoms with Gasteiger partial charge in [0, 0.05) is 15.2 Å². The molecule has 0 aliphatic heterocycles. The van der Waals surface area contributed by atoms with Crippen molar-refractivity contribution in [2.45, 2.75) is 32.9 Å². The molecule has 0 aliphatic carbocycles. The molecule has 1 aromatic carbocycles. The van der Waals surface area contributed by atoms with Crippen LogP contribution in [0.4, 0.5) is 0 Å². The van der Waals surface area contributed by atoms with Gasteiger partial charge in [-0.05, 0) is 48.9 Å². The van der Waals surface area contributed by atoms with Gasteiger partial charge in [0.2, 0.25) is 0 Å². The molecule has 0 aliphatic rings. The van der Waals surface area contributed by atoms with Gasteiger partial charge in [-0.25, -0.2) is 0 Å². The SMILES string of the molecule is COc1cnn(C(C)C)c1C(O)c1cccc(C)c1I. The first kappa shape index (κ1) is 15.3. The van der Waals surface area contributed by atoms with Crippen molar-refractivity contribution < 1.29 is 9.84 Å². The van der Waals surface area contributed by atoms with E-state index in [-0.39, 0.29) is 6.04 Å². The van der Waals surface area contributed by atoms with E-state index in [4.69, 9.17) is 4.74 Å². The largest absolute Gasteiger partial charge is 0.493 e. The minimum absolute atomic E-state index is 0.158. The summed E-state index contributed by atoms with van der Waals surface area (Å²) in [6, 6.07) is 6.09. The third-order valence-corrected chi connectivity index (χ3v) is 4.76. The Morgan fingerprint density at radius 1 is 1.35 bits per heavy atom. The molecule has 0 saturated carbocycles. The van der Waals surface area contributed by atoms with Crippen molar-refractivity contribution in [3.8, 4) is 5.75 Å². The molecule has 0 fully saturated rings. The number of aromatic nitrogens is 2. The molecule has 1 unspecified atom stereocenters. The van der Waals surface area contributed by atoms with Gasteiger partial charge in [0.1, 0.15) is 11.8 Å². The first-order valence-electron chi connectivity index (χ1n) is 6.51. The van der Waals surface area contributed by atoms with Gasteiger partial charge in [-0.1, -0.05) is 18.2 Å². The Labute approximate surface area is 132 Å². The normalized spacial score (nSPS) is 12.8. The molecule has 2 rings (SSSR count). The van der Waals surface area contributed by atoms with E-state index in [9.17, 15) is 5.11 Å². The first-order chi connectivity index (χ1) is 9.47. The van der Waals surface area contributed by atoms with Gasteiger partial charge >= 0.3 is 0 Å². The average Bonchev–Trinajstić information content (AvgIpc) is 2.85. The third-order valence-electron chi connectivity index (χ3n) is 3.28. The molecule has 1 atom stereocenters. The summed E-state index contributed by atoms with van der Waals surface area (Å²) in [4.78, 5) is 0. The molecular formula is C15H19IN2O2. The number of aliphatic hydroxyl groups is 1. The molecule has 1 N–H and O–H groups in total. The number of hydrogen-bond acceptors (Lipinski definition) is 3. The zero-order chi connectivity index (χ0) is 14.9. The summed E-state index contributed by atoms with van der Waals surface area (Å²) in [5.74, 6) is 0.614. The van der Waals surface area contributed by atoms with Crippen LogP contribution in [0.3, 0.4) is 0 Å². The lowest BCUT2D eigenvalue weighted by Gasteiger charge is -2.19. The maximum Gasteiger partial charge on any atom is 0.163 e. The van der Waals surface area contributed by atoms with Crippen LogP contribution in [0.1, 0.15) is 42.8 Å². The van der Waals surface area contributed by atoms with Crippen LogP contribution in [0, 0.1) is 10.5 Å². The van der Waals surface area contributed by atoms with Crippen LogP contribution < -0.4 is 4.74 Å². The second-order valence-electron chi connectivity index (χ2n) is 5.02. The van der Waals surface area contributed by atoms with Crippen molar-refractivity contribution in [3.05, 3.63) is 44.8 Å². The number of aryl methyl sites for hydroxylation is 1. The molecule has 4 nitrogen and oxygen atoms in total. The smallest absolute Gasteiger partial charge is 0.163 e. The van der Waals surface area contributed by atoms with Gasteiger partial charge in [-0.3, -0.25) is 4.68 Å². The Morgan fingerprint density at radius 3 is 2.65 bits per heavy atom. The highest BCUT2D eigenvalue weighted by molar-refractivity contribution is 14.1. The van der Waals surface area contributed by atoms with E-state index >= 15 is 0 Å². The van der Waals surface area contributed by atoms with Crippen LogP contribution in [0.25, 0.3) is 0 Å². The fourth-order valence-electron chi connectivity index (χ4n) is 2.21. The second-order valence-corrected chi connectivity index (χ2v) is 6.10. The number of hydrogen-bond donors (Lipinski definition) is 1. The van der Waals surface area contributed by atoms with Gasteiger partial charge in [-0.2, -0.15) is 5.10 Å². The van der Waals surface area contributed by atoms with Crippen molar-refractivity contribution in [2.75, 3.05) is 7.11 Å². The van der Waals surface area contributed by atoms with E-state index in [1.807, 2.05) is 43.7 Å². The van der Waals surface area contributed by atoms with Crippen LogP contribution in [0.15, 0.2) is 24.4 Å². The van der Waals surface area contributed by atoms with Crippen molar-refractivity contribution >= 4 is 22.6 Å². The number of aliphatic hydroxyl groups excluding tert-OH is 1. The number of benzene rings is 1. The van der Waals surface area contributed by atoms with Crippen LogP contribution in [-0.2, 0) is 0 Å². The molecule has 2 aromatic rings. The summed E-state index contributed by atoms with van der Waals surface area (Å²) in [5, 5.41) is 15.1. The maximum absolute atomic E-state index is 10.8. The van der Waals surface area contributed by atoms with Gasteiger partial charge in [0.15, 0.2) is 5.75 Å². The Balaban J connectivity index is 2.55. The molecule has 1 heterocycles. The van der Waals surface area contributed by atoms with Crippen molar-refractivity contribution in [2.24, 2.45) is 0 Å². The highest BCUT2D eigenvalue weighted by atomic mass is 127. The summed E-state index contributed by atoms with van der Waals surface area (Å²) in [6.45, 7) is 6.10. The number of nitrogens with zero attached hydrogens (tertiary/aromatic N) is 2. The number of rotatable bonds is 4. The predicted molar refractivity (Wildman–Crippen MR) is 87.1 cm³/mol. The molecule has 20 heavy (non-hydrogen) atoms. The first-order valence-corrected chi connectivity index (χ1v) is 7.59. The van der Waals surface area contributed by atoms with E-state index in [1.54, 1.807) is 13.3 Å². The Kier molecular flexibility index (Phi) is 4.70.